The van der Waals surface area contributed by atoms with Gasteiger partial charge in [-0.05, 0) is 69.1 Å². The molecule has 2 saturated carbocycles. The lowest BCUT2D eigenvalue weighted by Gasteiger charge is -2.27. The summed E-state index contributed by atoms with van der Waals surface area (Å²) in [5.41, 5.74) is 2.97. The van der Waals surface area contributed by atoms with Gasteiger partial charge in [0.15, 0.2) is 11.6 Å². The van der Waals surface area contributed by atoms with Gasteiger partial charge >= 0.3 is 0 Å². The van der Waals surface area contributed by atoms with Crippen LogP contribution in [0.1, 0.15) is 100 Å². The number of anilines is 1. The van der Waals surface area contributed by atoms with Gasteiger partial charge in [-0.25, -0.2) is 0 Å². The van der Waals surface area contributed by atoms with Crippen LogP contribution in [0.25, 0.3) is 10.9 Å². The van der Waals surface area contributed by atoms with Crippen molar-refractivity contribution < 1.29 is 23.9 Å². The molecular weight excluding hydrogens is 544 g/mol. The predicted octanol–water partition coefficient (Wildman–Crippen LogP) is 4.99. The molecule has 0 unspecified atom stereocenters. The van der Waals surface area contributed by atoms with E-state index in [2.05, 4.69) is 16.7 Å². The van der Waals surface area contributed by atoms with Gasteiger partial charge in [-0.15, -0.1) is 0 Å². The van der Waals surface area contributed by atoms with Crippen LogP contribution >= 0.6 is 0 Å². The van der Waals surface area contributed by atoms with Crippen LogP contribution in [-0.2, 0) is 32.2 Å². The molecule has 4 aliphatic rings. The second kappa shape index (κ2) is 12.4. The standard InChI is InChI=1S/C34H46N4O5/c1-3-29(40)28-15-34-16-30(34)38(28)32(42)20-37-19-27(22(2)39)26-14-25(35-17-23-9-5-4-6-10-23)13-24(33(26)37)18-36-31(41)11-7-8-12-43-21-34/h13-14,19,23,28,30,35H,3-12,15-18,20-21H2,1-2H3,(H,36,41)/t28-,30+,34-/m0/s1. The van der Waals surface area contributed by atoms with Gasteiger partial charge in [0, 0.05) is 66.8 Å². The first-order valence-electron chi connectivity index (χ1n) is 16.4. The van der Waals surface area contributed by atoms with Gasteiger partial charge < -0.3 is 24.8 Å². The van der Waals surface area contributed by atoms with E-state index in [4.69, 9.17) is 4.74 Å². The first kappa shape index (κ1) is 29.9. The minimum atomic E-state index is -0.429. The van der Waals surface area contributed by atoms with E-state index in [9.17, 15) is 19.2 Å². The monoisotopic (exact) mass is 590 g/mol. The molecule has 3 fully saturated rings. The molecular formula is C34H46N4O5. The van der Waals surface area contributed by atoms with Gasteiger partial charge in [0.2, 0.25) is 11.8 Å². The Hall–Kier alpha value is -3.20. The maximum Gasteiger partial charge on any atom is 0.243 e. The Morgan fingerprint density at radius 2 is 1.91 bits per heavy atom. The highest BCUT2D eigenvalue weighted by Gasteiger charge is 2.66. The number of nitrogens with zero attached hydrogens (tertiary/aromatic N) is 2. The van der Waals surface area contributed by atoms with Gasteiger partial charge in [-0.3, -0.25) is 19.2 Å². The summed E-state index contributed by atoms with van der Waals surface area (Å²) in [5, 5.41) is 7.49. The molecule has 2 aromatic rings. The third-order valence-electron chi connectivity index (χ3n) is 10.3. The fraction of sp³-hybridized carbons (Fsp3) is 0.647. The molecule has 1 aromatic carbocycles. The summed E-state index contributed by atoms with van der Waals surface area (Å²) in [7, 11) is 0. The zero-order chi connectivity index (χ0) is 30.1. The largest absolute Gasteiger partial charge is 0.385 e. The van der Waals surface area contributed by atoms with Crippen molar-refractivity contribution in [2.45, 2.75) is 110 Å². The molecule has 3 heterocycles. The van der Waals surface area contributed by atoms with Gasteiger partial charge in [0.05, 0.1) is 18.2 Å². The molecule has 2 N–H and O–H groups in total. The Bertz CT molecular complexity index is 1410. The number of ketones is 2. The predicted molar refractivity (Wildman–Crippen MR) is 165 cm³/mol. The number of amides is 2. The molecule has 232 valence electrons. The number of aromatic nitrogens is 1. The van der Waals surface area contributed by atoms with Crippen molar-refractivity contribution in [3.8, 4) is 0 Å². The minimum Gasteiger partial charge on any atom is -0.385 e. The summed E-state index contributed by atoms with van der Waals surface area (Å²) in [6.07, 6.45) is 11.9. The van der Waals surface area contributed by atoms with E-state index in [1.807, 2.05) is 22.5 Å². The van der Waals surface area contributed by atoms with Crippen molar-refractivity contribution in [1.82, 2.24) is 14.8 Å². The number of benzene rings is 1. The molecule has 2 amide bonds. The van der Waals surface area contributed by atoms with Crippen LogP contribution in [0.3, 0.4) is 0 Å². The Kier molecular flexibility index (Phi) is 8.63. The Morgan fingerprint density at radius 3 is 2.67 bits per heavy atom. The maximum absolute atomic E-state index is 14.1. The normalized spacial score (nSPS) is 27.0. The quantitative estimate of drug-likeness (QED) is 0.459. The van der Waals surface area contributed by atoms with Crippen molar-refractivity contribution in [1.29, 1.82) is 0 Å². The fourth-order valence-corrected chi connectivity index (χ4v) is 7.80. The number of nitrogens with one attached hydrogen (secondary N) is 2. The van der Waals surface area contributed by atoms with Crippen molar-refractivity contribution in [3.63, 3.8) is 0 Å². The van der Waals surface area contributed by atoms with E-state index < -0.39 is 6.04 Å². The first-order valence-corrected chi connectivity index (χ1v) is 16.4. The van der Waals surface area contributed by atoms with Crippen LogP contribution in [0.5, 0.6) is 0 Å². The second-order valence-electron chi connectivity index (χ2n) is 13.4. The summed E-state index contributed by atoms with van der Waals surface area (Å²) in [4.78, 5) is 54.6. The maximum atomic E-state index is 14.1. The molecule has 2 aliphatic carbocycles. The Labute approximate surface area is 254 Å². The second-order valence-corrected chi connectivity index (χ2v) is 13.4. The summed E-state index contributed by atoms with van der Waals surface area (Å²) >= 11 is 0. The zero-order valence-electron chi connectivity index (χ0n) is 25.7. The van der Waals surface area contributed by atoms with Crippen LogP contribution in [-0.4, -0.2) is 64.7 Å². The number of piperidine rings is 1. The number of hydrogen-bond donors (Lipinski definition) is 2. The highest BCUT2D eigenvalue weighted by atomic mass is 16.5. The number of hydrogen-bond acceptors (Lipinski definition) is 6. The molecule has 43 heavy (non-hydrogen) atoms. The number of ether oxygens (including phenoxy) is 1. The van der Waals surface area contributed by atoms with Crippen molar-refractivity contribution in [2.24, 2.45) is 11.3 Å². The lowest BCUT2D eigenvalue weighted by Crippen LogP contribution is -2.44. The Morgan fingerprint density at radius 1 is 1.09 bits per heavy atom. The minimum absolute atomic E-state index is 0.00333. The van der Waals surface area contributed by atoms with Crippen molar-refractivity contribution in [3.05, 3.63) is 29.5 Å². The summed E-state index contributed by atoms with van der Waals surface area (Å²) in [6.45, 7) is 5.71. The molecule has 2 bridgehead atoms. The average molecular weight is 591 g/mol. The van der Waals surface area contributed by atoms with Gasteiger partial charge in [-0.1, -0.05) is 26.2 Å². The number of carbonyl (C=O) groups excluding carboxylic acids is 4. The average Bonchev–Trinajstić information content (AvgIpc) is 3.41. The van der Waals surface area contributed by atoms with Gasteiger partial charge in [0.1, 0.15) is 6.54 Å². The van der Waals surface area contributed by atoms with Crippen LogP contribution in [0.15, 0.2) is 18.3 Å². The molecule has 0 radical (unpaired) electrons. The third-order valence-corrected chi connectivity index (χ3v) is 10.3. The lowest BCUT2D eigenvalue weighted by atomic mass is 9.89. The van der Waals surface area contributed by atoms with Crippen LogP contribution in [0.4, 0.5) is 5.69 Å². The Balaban J connectivity index is 1.37. The lowest BCUT2D eigenvalue weighted by molar-refractivity contribution is -0.139. The molecule has 0 spiro atoms. The highest BCUT2D eigenvalue weighted by molar-refractivity contribution is 6.09. The molecule has 3 atom stereocenters. The molecule has 9 heteroatoms. The number of carbonyl (C=O) groups is 4. The fourth-order valence-electron chi connectivity index (χ4n) is 7.80. The third kappa shape index (κ3) is 6.10. The zero-order valence-corrected chi connectivity index (χ0v) is 25.7. The van der Waals surface area contributed by atoms with E-state index >= 15 is 0 Å². The van der Waals surface area contributed by atoms with E-state index in [0.717, 1.165) is 48.0 Å². The van der Waals surface area contributed by atoms with Gasteiger partial charge in [0.25, 0.3) is 0 Å². The van der Waals surface area contributed by atoms with E-state index in [1.165, 1.54) is 32.1 Å². The highest BCUT2D eigenvalue weighted by Crippen LogP contribution is 2.60. The smallest absolute Gasteiger partial charge is 0.243 e. The van der Waals surface area contributed by atoms with Crippen LogP contribution in [0.2, 0.25) is 0 Å². The molecule has 1 saturated heterocycles. The first-order chi connectivity index (χ1) is 20.8. The van der Waals surface area contributed by atoms with Crippen molar-refractivity contribution in [2.75, 3.05) is 25.1 Å². The number of Topliss-reactive ketones (excluding diaryl/α,β-unsaturated/α-hetero) is 2. The van der Waals surface area contributed by atoms with E-state index in [-0.39, 0.29) is 41.4 Å². The van der Waals surface area contributed by atoms with Gasteiger partial charge in [-0.2, -0.15) is 0 Å². The molecule has 1 aromatic heterocycles. The van der Waals surface area contributed by atoms with E-state index in [1.54, 1.807) is 13.1 Å². The van der Waals surface area contributed by atoms with Crippen LogP contribution in [0, 0.1) is 11.3 Å². The number of rotatable bonds is 6. The molecule has 2 aliphatic heterocycles. The summed E-state index contributed by atoms with van der Waals surface area (Å²) in [6, 6.07) is 3.65. The van der Waals surface area contributed by atoms with E-state index in [0.29, 0.717) is 50.5 Å². The molecule has 6 rings (SSSR count). The SMILES string of the molecule is CCC(=O)[C@@H]1C[C@]23COCCCCC(=O)NCc4cc(NCC5CCCCC5)cc5c(C(C)=O)cn(c45)CC(=O)N1[C@@H]2C3. The topological polar surface area (TPSA) is 110 Å². The van der Waals surface area contributed by atoms with Crippen molar-refractivity contribution >= 4 is 40.0 Å². The summed E-state index contributed by atoms with van der Waals surface area (Å²) < 4.78 is 7.91. The van der Waals surface area contributed by atoms with Crippen LogP contribution < -0.4 is 10.6 Å². The summed E-state index contributed by atoms with van der Waals surface area (Å²) in [5.74, 6) is 0.514. The molecule has 9 nitrogen and oxygen atoms in total.